The minimum Gasteiger partial charge on any atom is -0.507 e. The maximum atomic E-state index is 11.1. The highest BCUT2D eigenvalue weighted by Crippen LogP contribution is 2.43. The summed E-state index contributed by atoms with van der Waals surface area (Å²) in [5, 5.41) is 22.1. The molecule has 0 amide bonds. The summed E-state index contributed by atoms with van der Waals surface area (Å²) < 4.78 is 22.9. The van der Waals surface area contributed by atoms with Crippen molar-refractivity contribution in [2.45, 2.75) is 66.5 Å². The Balaban J connectivity index is 2.31. The van der Waals surface area contributed by atoms with Gasteiger partial charge in [0, 0.05) is 54.1 Å². The fourth-order valence-corrected chi connectivity index (χ4v) is 4.66. The maximum Gasteiger partial charge on any atom is 0.126 e. The fourth-order valence-electron chi connectivity index (χ4n) is 4.66. The number of aromatic hydroxyl groups is 2. The lowest BCUT2D eigenvalue weighted by Crippen LogP contribution is -2.26. The summed E-state index contributed by atoms with van der Waals surface area (Å²) in [5.41, 5.74) is 5.27. The maximum absolute atomic E-state index is 11.1. The van der Waals surface area contributed by atoms with Crippen LogP contribution in [-0.2, 0) is 50.8 Å². The van der Waals surface area contributed by atoms with Crippen molar-refractivity contribution < 1.29 is 29.2 Å². The third kappa shape index (κ3) is 6.75. The molecule has 3 aromatic rings. The Morgan fingerprint density at radius 1 is 0.526 bits per heavy atom. The molecule has 0 aliphatic rings. The lowest BCUT2D eigenvalue weighted by atomic mass is 9.69. The Kier molecular flexibility index (Phi) is 11.2. The van der Waals surface area contributed by atoms with Crippen LogP contribution in [0, 0.1) is 0 Å². The molecule has 0 spiro atoms. The predicted octanol–water partition coefficient (Wildman–Crippen LogP) is 6.60. The van der Waals surface area contributed by atoms with Gasteiger partial charge in [-0.15, -0.1) is 0 Å². The van der Waals surface area contributed by atoms with E-state index >= 15 is 0 Å². The predicted molar refractivity (Wildman–Crippen MR) is 150 cm³/mol. The first kappa shape index (κ1) is 29.7. The standard InChI is InChI=1S/C32H42O6/c1-6-35-19-23-15-28(16-24(30(23)33)20-36-7-2)32(5,27-13-11-10-12-14-27)29-17-25(21-37-8-3)31(34)26(18-29)22-38-9-4/h10-18,33-34H,6-9,19-22H2,1-5H3. The van der Waals surface area contributed by atoms with E-state index in [9.17, 15) is 10.2 Å². The zero-order valence-electron chi connectivity index (χ0n) is 23.4. The molecule has 0 atom stereocenters. The van der Waals surface area contributed by atoms with Crippen LogP contribution in [0.15, 0.2) is 54.6 Å². The van der Waals surface area contributed by atoms with Crippen LogP contribution in [0.1, 0.15) is 73.6 Å². The second-order valence-electron chi connectivity index (χ2n) is 9.33. The van der Waals surface area contributed by atoms with Crippen LogP contribution in [0.4, 0.5) is 0 Å². The van der Waals surface area contributed by atoms with Gasteiger partial charge in [0.1, 0.15) is 11.5 Å². The molecule has 3 rings (SSSR count). The number of ether oxygens (including phenoxy) is 4. The van der Waals surface area contributed by atoms with Crippen molar-refractivity contribution in [3.63, 3.8) is 0 Å². The third-order valence-electron chi connectivity index (χ3n) is 6.89. The van der Waals surface area contributed by atoms with Gasteiger partial charge in [-0.3, -0.25) is 0 Å². The zero-order valence-corrected chi connectivity index (χ0v) is 23.4. The quantitative estimate of drug-likeness (QED) is 0.219. The van der Waals surface area contributed by atoms with Gasteiger partial charge in [-0.2, -0.15) is 0 Å². The van der Waals surface area contributed by atoms with Gasteiger partial charge in [0.15, 0.2) is 0 Å². The van der Waals surface area contributed by atoms with E-state index < -0.39 is 5.41 Å². The monoisotopic (exact) mass is 522 g/mol. The van der Waals surface area contributed by atoms with Gasteiger partial charge in [-0.25, -0.2) is 0 Å². The topological polar surface area (TPSA) is 77.4 Å². The zero-order chi connectivity index (χ0) is 27.5. The van der Waals surface area contributed by atoms with E-state index in [0.29, 0.717) is 75.1 Å². The number of hydrogen-bond acceptors (Lipinski definition) is 6. The van der Waals surface area contributed by atoms with Gasteiger partial charge < -0.3 is 29.2 Å². The molecule has 0 saturated heterocycles. The Labute approximate surface area is 227 Å². The second-order valence-corrected chi connectivity index (χ2v) is 9.33. The average Bonchev–Trinajstić information content (AvgIpc) is 2.94. The largest absolute Gasteiger partial charge is 0.507 e. The molecule has 0 heterocycles. The average molecular weight is 523 g/mol. The molecule has 0 saturated carbocycles. The lowest BCUT2D eigenvalue weighted by molar-refractivity contribution is 0.126. The first-order valence-electron chi connectivity index (χ1n) is 13.5. The number of hydrogen-bond donors (Lipinski definition) is 2. The van der Waals surface area contributed by atoms with Crippen molar-refractivity contribution in [3.05, 3.63) is 93.5 Å². The number of benzene rings is 3. The highest BCUT2D eigenvalue weighted by atomic mass is 16.5. The molecule has 6 nitrogen and oxygen atoms in total. The van der Waals surface area contributed by atoms with Gasteiger partial charge in [-0.1, -0.05) is 30.3 Å². The van der Waals surface area contributed by atoms with Crippen LogP contribution in [0.5, 0.6) is 11.5 Å². The summed E-state index contributed by atoms with van der Waals surface area (Å²) in [4.78, 5) is 0. The number of phenolic OH excluding ortho intramolecular Hbond substituents is 2. The van der Waals surface area contributed by atoms with Crippen molar-refractivity contribution in [1.82, 2.24) is 0 Å². The molecule has 3 aromatic carbocycles. The minimum absolute atomic E-state index is 0.200. The summed E-state index contributed by atoms with van der Waals surface area (Å²) in [6.45, 7) is 13.3. The first-order chi connectivity index (χ1) is 18.4. The van der Waals surface area contributed by atoms with Crippen LogP contribution in [-0.4, -0.2) is 36.6 Å². The Morgan fingerprint density at radius 3 is 1.13 bits per heavy atom. The van der Waals surface area contributed by atoms with Crippen LogP contribution in [0.25, 0.3) is 0 Å². The molecule has 2 N–H and O–H groups in total. The van der Waals surface area contributed by atoms with Gasteiger partial charge in [0.2, 0.25) is 0 Å². The Hall–Kier alpha value is -2.90. The van der Waals surface area contributed by atoms with Crippen LogP contribution >= 0.6 is 0 Å². The molecule has 0 bridgehead atoms. The van der Waals surface area contributed by atoms with E-state index in [-0.39, 0.29) is 11.5 Å². The molecule has 0 radical (unpaired) electrons. The normalized spacial score (nSPS) is 11.7. The molecule has 0 fully saturated rings. The fraction of sp³-hybridized carbons (Fsp3) is 0.438. The molecule has 0 aromatic heterocycles. The molecular weight excluding hydrogens is 480 g/mol. The van der Waals surface area contributed by atoms with Crippen molar-refractivity contribution in [3.8, 4) is 11.5 Å². The number of phenols is 2. The first-order valence-corrected chi connectivity index (χ1v) is 13.5. The van der Waals surface area contributed by atoms with E-state index in [1.54, 1.807) is 0 Å². The lowest BCUT2D eigenvalue weighted by Gasteiger charge is -2.34. The highest BCUT2D eigenvalue weighted by Gasteiger charge is 2.34. The second kappa shape index (κ2) is 14.3. The van der Waals surface area contributed by atoms with E-state index in [1.165, 1.54) is 0 Å². The van der Waals surface area contributed by atoms with Crippen molar-refractivity contribution in [1.29, 1.82) is 0 Å². The highest BCUT2D eigenvalue weighted by molar-refractivity contribution is 5.57. The minimum atomic E-state index is -0.632. The van der Waals surface area contributed by atoms with E-state index in [0.717, 1.165) is 16.7 Å². The van der Waals surface area contributed by atoms with Crippen molar-refractivity contribution in [2.24, 2.45) is 0 Å². The van der Waals surface area contributed by atoms with E-state index in [2.05, 4.69) is 19.1 Å². The van der Waals surface area contributed by atoms with Crippen LogP contribution < -0.4 is 0 Å². The Bertz CT molecular complexity index is 1030. The molecule has 38 heavy (non-hydrogen) atoms. The molecule has 0 aliphatic heterocycles. The third-order valence-corrected chi connectivity index (χ3v) is 6.89. The molecular formula is C32H42O6. The molecule has 0 aliphatic carbocycles. The van der Waals surface area contributed by atoms with Gasteiger partial charge in [-0.05, 0) is 75.6 Å². The van der Waals surface area contributed by atoms with Gasteiger partial charge in [0.25, 0.3) is 0 Å². The number of rotatable bonds is 15. The molecule has 206 valence electrons. The van der Waals surface area contributed by atoms with Crippen molar-refractivity contribution >= 4 is 0 Å². The van der Waals surface area contributed by atoms with E-state index in [4.69, 9.17) is 18.9 Å². The van der Waals surface area contributed by atoms with Crippen molar-refractivity contribution in [2.75, 3.05) is 26.4 Å². The smallest absolute Gasteiger partial charge is 0.126 e. The Morgan fingerprint density at radius 2 is 0.842 bits per heavy atom. The van der Waals surface area contributed by atoms with Gasteiger partial charge in [0.05, 0.1) is 26.4 Å². The SMILES string of the molecule is CCOCc1cc(C(C)(c2ccccc2)c2cc(COCC)c(O)c(COCC)c2)cc(COCC)c1O. The summed E-state index contributed by atoms with van der Waals surface area (Å²) in [7, 11) is 0. The summed E-state index contributed by atoms with van der Waals surface area (Å²) in [5.74, 6) is 0.400. The van der Waals surface area contributed by atoms with E-state index in [1.807, 2.05) is 70.2 Å². The van der Waals surface area contributed by atoms with Crippen LogP contribution in [0.3, 0.4) is 0 Å². The summed E-state index contributed by atoms with van der Waals surface area (Å²) in [6, 6.07) is 18.3. The summed E-state index contributed by atoms with van der Waals surface area (Å²) in [6.07, 6.45) is 0. The molecule has 0 unspecified atom stereocenters. The molecule has 6 heteroatoms. The van der Waals surface area contributed by atoms with Gasteiger partial charge >= 0.3 is 0 Å². The summed E-state index contributed by atoms with van der Waals surface area (Å²) >= 11 is 0. The van der Waals surface area contributed by atoms with Crippen LogP contribution in [0.2, 0.25) is 0 Å².